The van der Waals surface area contributed by atoms with Crippen LogP contribution in [0.5, 0.6) is 0 Å². The van der Waals surface area contributed by atoms with Crippen LogP contribution in [0.3, 0.4) is 0 Å². The highest BCUT2D eigenvalue weighted by molar-refractivity contribution is 7.91. The summed E-state index contributed by atoms with van der Waals surface area (Å²) in [6, 6.07) is 3.44. The van der Waals surface area contributed by atoms with E-state index in [1.165, 1.54) is 11.3 Å². The molecule has 2 aliphatic heterocycles. The highest BCUT2D eigenvalue weighted by Gasteiger charge is 2.43. The molecule has 8 nitrogen and oxygen atoms in total. The first-order chi connectivity index (χ1) is 13.5. The summed E-state index contributed by atoms with van der Waals surface area (Å²) < 4.78 is 43.8. The lowest BCUT2D eigenvalue weighted by atomic mass is 9.78. The Morgan fingerprint density at radius 2 is 2.21 bits per heavy atom. The second-order valence-electron chi connectivity index (χ2n) is 7.47. The number of rotatable bonds is 6. The molecule has 0 N–H and O–H groups in total. The molecule has 4 rings (SSSR count). The molecule has 154 valence electrons. The van der Waals surface area contributed by atoms with Crippen LogP contribution in [0.1, 0.15) is 37.4 Å². The molecular weight excluding hydrogens is 402 g/mol. The van der Waals surface area contributed by atoms with E-state index in [4.69, 9.17) is 14.0 Å². The molecule has 28 heavy (non-hydrogen) atoms. The first kappa shape index (κ1) is 20.0. The van der Waals surface area contributed by atoms with Crippen LogP contribution in [0, 0.1) is 5.92 Å². The predicted molar refractivity (Wildman–Crippen MR) is 102 cm³/mol. The number of aromatic nitrogens is 2. The smallest absolute Gasteiger partial charge is 0.252 e. The lowest BCUT2D eigenvalue weighted by molar-refractivity contribution is -0.120. The molecule has 2 saturated heterocycles. The molecule has 2 fully saturated rings. The fraction of sp³-hybridized carbons (Fsp3) is 0.667. The number of hydrogen-bond acceptors (Lipinski definition) is 8. The van der Waals surface area contributed by atoms with Crippen molar-refractivity contribution in [2.24, 2.45) is 5.92 Å². The third-order valence-electron chi connectivity index (χ3n) is 5.57. The summed E-state index contributed by atoms with van der Waals surface area (Å²) in [5, 5.41) is 5.84. The molecule has 1 atom stereocenters. The number of thiophene rings is 1. The number of sulfonamides is 1. The maximum atomic E-state index is 12.7. The Morgan fingerprint density at radius 3 is 2.93 bits per heavy atom. The maximum Gasteiger partial charge on any atom is 0.252 e. The van der Waals surface area contributed by atoms with E-state index in [-0.39, 0.29) is 5.60 Å². The van der Waals surface area contributed by atoms with Gasteiger partial charge in [-0.05, 0) is 43.0 Å². The van der Waals surface area contributed by atoms with Gasteiger partial charge >= 0.3 is 0 Å². The topological polar surface area (TPSA) is 94.8 Å². The maximum absolute atomic E-state index is 12.7. The average molecular weight is 428 g/mol. The van der Waals surface area contributed by atoms with Crippen molar-refractivity contribution in [1.29, 1.82) is 0 Å². The Hall–Kier alpha value is -1.33. The molecule has 0 bridgehead atoms. The highest BCUT2D eigenvalue weighted by atomic mass is 32.2. The van der Waals surface area contributed by atoms with Crippen molar-refractivity contribution < 1.29 is 22.4 Å². The second-order valence-corrected chi connectivity index (χ2v) is 10.6. The van der Waals surface area contributed by atoms with Gasteiger partial charge in [0.25, 0.3) is 15.9 Å². The van der Waals surface area contributed by atoms with Crippen LogP contribution in [0.25, 0.3) is 0 Å². The van der Waals surface area contributed by atoms with Gasteiger partial charge in [-0.2, -0.15) is 9.29 Å². The molecule has 0 saturated carbocycles. The van der Waals surface area contributed by atoms with E-state index in [1.54, 1.807) is 28.9 Å². The van der Waals surface area contributed by atoms with Crippen molar-refractivity contribution in [3.05, 3.63) is 29.2 Å². The van der Waals surface area contributed by atoms with Gasteiger partial charge in [-0.3, -0.25) is 0 Å². The van der Waals surface area contributed by atoms with Crippen molar-refractivity contribution >= 4 is 21.4 Å². The summed E-state index contributed by atoms with van der Waals surface area (Å²) in [4.78, 5) is 4.37. The molecule has 1 spiro atoms. The molecule has 0 aliphatic carbocycles. The minimum absolute atomic E-state index is 0.247. The molecule has 0 amide bonds. The lowest BCUT2D eigenvalue weighted by Gasteiger charge is -2.45. The zero-order valence-electron chi connectivity index (χ0n) is 15.9. The van der Waals surface area contributed by atoms with E-state index in [0.29, 0.717) is 48.1 Å². The summed E-state index contributed by atoms with van der Waals surface area (Å²) in [6.07, 6.45) is 4.03. The molecule has 1 unspecified atom stereocenters. The molecular formula is C18H25N3O5S2. The Bertz CT molecular complexity index is 873. The number of nitrogens with zero attached hydrogens (tertiary/aromatic N) is 3. The largest absolute Gasteiger partial charge is 0.375 e. The van der Waals surface area contributed by atoms with E-state index in [2.05, 4.69) is 10.1 Å². The zero-order valence-corrected chi connectivity index (χ0v) is 17.5. The third-order valence-corrected chi connectivity index (χ3v) is 8.84. The van der Waals surface area contributed by atoms with Gasteiger partial charge < -0.3 is 14.0 Å². The summed E-state index contributed by atoms with van der Waals surface area (Å²) in [7, 11) is -1.79. The standard InChI is InChI=1S/C18H25N3O5S2/c1-24-13-16-19-15(20-26-16)11-14-4-9-25-18(12-14)5-7-21(8-6-18)28(22,23)17-3-2-10-27-17/h2-3,10,14H,4-9,11-13H2,1H3. The van der Waals surface area contributed by atoms with Gasteiger partial charge in [-0.15, -0.1) is 11.3 Å². The number of piperidine rings is 1. The first-order valence-electron chi connectivity index (χ1n) is 9.49. The number of methoxy groups -OCH3 is 1. The normalized spacial score (nSPS) is 23.2. The van der Waals surface area contributed by atoms with Crippen molar-refractivity contribution in [3.63, 3.8) is 0 Å². The summed E-state index contributed by atoms with van der Waals surface area (Å²) in [6.45, 7) is 1.99. The van der Waals surface area contributed by atoms with Crippen LogP contribution in [-0.2, 0) is 32.5 Å². The Morgan fingerprint density at radius 1 is 1.39 bits per heavy atom. The van der Waals surface area contributed by atoms with Crippen LogP contribution < -0.4 is 0 Å². The van der Waals surface area contributed by atoms with Crippen LogP contribution >= 0.6 is 11.3 Å². The molecule has 0 aromatic carbocycles. The SMILES string of the molecule is COCc1nc(CC2CCOC3(CCN(S(=O)(=O)c4cccs4)CC3)C2)no1. The average Bonchev–Trinajstić information content (AvgIpc) is 3.35. The molecule has 10 heteroatoms. The minimum atomic E-state index is -3.39. The Labute approximate surface area is 168 Å². The highest BCUT2D eigenvalue weighted by Crippen LogP contribution is 2.39. The van der Waals surface area contributed by atoms with E-state index >= 15 is 0 Å². The van der Waals surface area contributed by atoms with Crippen molar-refractivity contribution in [1.82, 2.24) is 14.4 Å². The van der Waals surface area contributed by atoms with E-state index in [9.17, 15) is 8.42 Å². The van der Waals surface area contributed by atoms with Crippen LogP contribution in [0.15, 0.2) is 26.2 Å². The summed E-state index contributed by atoms with van der Waals surface area (Å²) >= 11 is 1.27. The summed E-state index contributed by atoms with van der Waals surface area (Å²) in [5.74, 6) is 1.60. The number of hydrogen-bond donors (Lipinski definition) is 0. The molecule has 0 radical (unpaired) electrons. The monoisotopic (exact) mass is 427 g/mol. The van der Waals surface area contributed by atoms with Crippen LogP contribution in [0.4, 0.5) is 0 Å². The van der Waals surface area contributed by atoms with E-state index in [1.807, 2.05) is 0 Å². The fourth-order valence-electron chi connectivity index (χ4n) is 4.14. The van der Waals surface area contributed by atoms with Gasteiger partial charge in [0.1, 0.15) is 10.8 Å². The zero-order chi connectivity index (χ0) is 19.6. The third kappa shape index (κ3) is 4.16. The second kappa shape index (κ2) is 8.19. The molecule has 2 aromatic rings. The van der Waals surface area contributed by atoms with Gasteiger partial charge in [0.15, 0.2) is 5.82 Å². The first-order valence-corrected chi connectivity index (χ1v) is 11.8. The molecule has 2 aromatic heterocycles. The van der Waals surface area contributed by atoms with E-state index in [0.717, 1.165) is 32.1 Å². The predicted octanol–water partition coefficient (Wildman–Crippen LogP) is 2.47. The van der Waals surface area contributed by atoms with Crippen LogP contribution in [0.2, 0.25) is 0 Å². The van der Waals surface area contributed by atoms with Gasteiger partial charge in [0, 0.05) is 33.2 Å². The van der Waals surface area contributed by atoms with Crippen molar-refractivity contribution in [3.8, 4) is 0 Å². The lowest BCUT2D eigenvalue weighted by Crippen LogP contribution is -2.50. The minimum Gasteiger partial charge on any atom is -0.375 e. The Balaban J connectivity index is 1.37. The molecule has 4 heterocycles. The quantitative estimate of drug-likeness (QED) is 0.699. The van der Waals surface area contributed by atoms with Gasteiger partial charge in [0.05, 0.1) is 5.60 Å². The number of ether oxygens (including phenoxy) is 2. The van der Waals surface area contributed by atoms with Gasteiger partial charge in [-0.25, -0.2) is 8.42 Å². The Kier molecular flexibility index (Phi) is 5.84. The summed E-state index contributed by atoms with van der Waals surface area (Å²) in [5.41, 5.74) is -0.247. The van der Waals surface area contributed by atoms with Gasteiger partial charge in [-0.1, -0.05) is 11.2 Å². The van der Waals surface area contributed by atoms with Crippen molar-refractivity contribution in [2.75, 3.05) is 26.8 Å². The molecule has 2 aliphatic rings. The fourth-order valence-corrected chi connectivity index (χ4v) is 6.72. The van der Waals surface area contributed by atoms with E-state index < -0.39 is 10.0 Å². The van der Waals surface area contributed by atoms with Crippen molar-refractivity contribution in [2.45, 2.75) is 48.5 Å². The van der Waals surface area contributed by atoms with Gasteiger partial charge in [0.2, 0.25) is 0 Å². The van der Waals surface area contributed by atoms with Crippen LogP contribution in [-0.4, -0.2) is 55.3 Å².